The van der Waals surface area contributed by atoms with Crippen LogP contribution < -0.4 is 0 Å². The van der Waals surface area contributed by atoms with Gasteiger partial charge in [-0.05, 0) is 64.2 Å². The zero-order chi connectivity index (χ0) is 39.4. The minimum atomic E-state index is -0.771. The summed E-state index contributed by atoms with van der Waals surface area (Å²) < 4.78 is 16.7. The van der Waals surface area contributed by atoms with Gasteiger partial charge in [0, 0.05) is 19.3 Å². The fourth-order valence-electron chi connectivity index (χ4n) is 6.59. The summed E-state index contributed by atoms with van der Waals surface area (Å²) in [6.45, 7) is 6.57. The molecule has 0 aliphatic carbocycles. The van der Waals surface area contributed by atoms with E-state index in [0.29, 0.717) is 19.3 Å². The van der Waals surface area contributed by atoms with Gasteiger partial charge in [0.15, 0.2) is 6.10 Å². The van der Waals surface area contributed by atoms with Gasteiger partial charge < -0.3 is 14.2 Å². The van der Waals surface area contributed by atoms with Crippen molar-refractivity contribution in [1.29, 1.82) is 0 Å². The van der Waals surface area contributed by atoms with Gasteiger partial charge in [0.1, 0.15) is 13.2 Å². The van der Waals surface area contributed by atoms with E-state index in [-0.39, 0.29) is 31.1 Å². The molecule has 0 unspecified atom stereocenters. The molecule has 0 fully saturated rings. The molecule has 6 heteroatoms. The Kier molecular flexibility index (Phi) is 41.9. The maximum absolute atomic E-state index is 12.7. The van der Waals surface area contributed by atoms with Crippen molar-refractivity contribution in [3.05, 3.63) is 24.3 Å². The van der Waals surface area contributed by atoms with Crippen molar-refractivity contribution < 1.29 is 28.6 Å². The van der Waals surface area contributed by atoms with Crippen LogP contribution in [0.2, 0.25) is 0 Å². The lowest BCUT2D eigenvalue weighted by Gasteiger charge is -2.18. The number of rotatable bonds is 42. The molecule has 316 valence electrons. The Morgan fingerprint density at radius 2 is 0.630 bits per heavy atom. The van der Waals surface area contributed by atoms with E-state index in [1.54, 1.807) is 0 Å². The second-order valence-electron chi connectivity index (χ2n) is 15.7. The molecule has 0 aromatic rings. The van der Waals surface area contributed by atoms with Crippen LogP contribution in [0.3, 0.4) is 0 Å². The first kappa shape index (κ1) is 51.9. The summed E-state index contributed by atoms with van der Waals surface area (Å²) in [5, 5.41) is 0. The highest BCUT2D eigenvalue weighted by molar-refractivity contribution is 5.71. The van der Waals surface area contributed by atoms with Gasteiger partial charge in [0.25, 0.3) is 0 Å². The quantitative estimate of drug-likeness (QED) is 0.0267. The highest BCUT2D eigenvalue weighted by atomic mass is 16.6. The lowest BCUT2D eigenvalue weighted by atomic mass is 10.1. The molecule has 0 aliphatic rings. The Hall–Kier alpha value is -2.11. The number of carbonyl (C=O) groups excluding carboxylic acids is 3. The zero-order valence-corrected chi connectivity index (χ0v) is 36.0. The van der Waals surface area contributed by atoms with Crippen LogP contribution in [0.25, 0.3) is 0 Å². The normalized spacial score (nSPS) is 12.1. The topological polar surface area (TPSA) is 78.9 Å². The van der Waals surface area contributed by atoms with Crippen LogP contribution in [-0.4, -0.2) is 37.2 Å². The summed E-state index contributed by atoms with van der Waals surface area (Å²) in [5.74, 6) is -0.891. The van der Waals surface area contributed by atoms with Crippen LogP contribution in [0.15, 0.2) is 24.3 Å². The van der Waals surface area contributed by atoms with Crippen molar-refractivity contribution in [2.24, 2.45) is 0 Å². The maximum atomic E-state index is 12.7. The Morgan fingerprint density at radius 3 is 0.981 bits per heavy atom. The van der Waals surface area contributed by atoms with E-state index >= 15 is 0 Å². The molecule has 6 nitrogen and oxygen atoms in total. The maximum Gasteiger partial charge on any atom is 0.306 e. The third-order valence-electron chi connectivity index (χ3n) is 10.2. The average molecular weight is 761 g/mol. The predicted octanol–water partition coefficient (Wildman–Crippen LogP) is 14.8. The summed E-state index contributed by atoms with van der Waals surface area (Å²) in [7, 11) is 0. The Morgan fingerprint density at radius 1 is 0.352 bits per heavy atom. The first-order valence-corrected chi connectivity index (χ1v) is 23.3. The minimum Gasteiger partial charge on any atom is -0.462 e. The van der Waals surface area contributed by atoms with Gasteiger partial charge in [0.2, 0.25) is 0 Å². The number of hydrogen-bond acceptors (Lipinski definition) is 6. The fourth-order valence-corrected chi connectivity index (χ4v) is 6.59. The van der Waals surface area contributed by atoms with Crippen molar-refractivity contribution in [2.45, 2.75) is 252 Å². The van der Waals surface area contributed by atoms with Crippen molar-refractivity contribution >= 4 is 17.9 Å². The molecule has 0 radical (unpaired) electrons. The minimum absolute atomic E-state index is 0.0749. The Bertz CT molecular complexity index is 880. The molecule has 0 saturated carbocycles. The number of allylic oxidation sites excluding steroid dienone is 4. The average Bonchev–Trinajstić information content (AvgIpc) is 3.17. The SMILES string of the molecule is CCCC/C=C\CCCCCCCC(=O)O[C@@H](COC(=O)CCCCCCC/C=C\CCCCCCCCC)COC(=O)CCCCCCCCCCC. The standard InChI is InChI=1S/C48H88O6/c1-4-7-10-13-16-19-21-22-23-24-25-27-29-32-35-38-41-47(50)53-44-45(43-52-46(49)40-37-34-31-28-18-15-12-9-6-3)54-48(51)42-39-36-33-30-26-20-17-14-11-8-5-2/h14,17,23-24,45H,4-13,15-16,18-22,25-44H2,1-3H3/b17-14-,24-23-/t45-/m1/s1. The lowest BCUT2D eigenvalue weighted by Crippen LogP contribution is -2.30. The van der Waals surface area contributed by atoms with Gasteiger partial charge in [0.05, 0.1) is 0 Å². The molecule has 0 aliphatic heterocycles. The number of esters is 3. The van der Waals surface area contributed by atoms with Gasteiger partial charge in [-0.15, -0.1) is 0 Å². The molecular weight excluding hydrogens is 673 g/mol. The molecule has 0 N–H and O–H groups in total. The zero-order valence-electron chi connectivity index (χ0n) is 36.0. The molecule has 0 aromatic carbocycles. The van der Waals surface area contributed by atoms with Gasteiger partial charge in [-0.1, -0.05) is 186 Å². The van der Waals surface area contributed by atoms with Crippen LogP contribution in [0.1, 0.15) is 245 Å². The van der Waals surface area contributed by atoms with E-state index in [2.05, 4.69) is 45.1 Å². The highest BCUT2D eigenvalue weighted by Crippen LogP contribution is 2.14. The molecule has 0 rings (SSSR count). The first-order valence-electron chi connectivity index (χ1n) is 23.3. The third-order valence-corrected chi connectivity index (χ3v) is 10.2. The van der Waals surface area contributed by atoms with Gasteiger partial charge >= 0.3 is 17.9 Å². The van der Waals surface area contributed by atoms with Gasteiger partial charge in [-0.3, -0.25) is 14.4 Å². The summed E-state index contributed by atoms with van der Waals surface area (Å²) in [5.41, 5.74) is 0. The summed E-state index contributed by atoms with van der Waals surface area (Å²) in [6, 6.07) is 0. The smallest absolute Gasteiger partial charge is 0.306 e. The van der Waals surface area contributed by atoms with Crippen LogP contribution in [0.4, 0.5) is 0 Å². The second kappa shape index (κ2) is 43.6. The van der Waals surface area contributed by atoms with E-state index in [0.717, 1.165) is 77.0 Å². The molecule has 54 heavy (non-hydrogen) atoms. The van der Waals surface area contributed by atoms with E-state index < -0.39 is 6.10 Å². The number of unbranched alkanes of at least 4 members (excludes halogenated alkanes) is 27. The number of ether oxygens (including phenoxy) is 3. The van der Waals surface area contributed by atoms with E-state index in [9.17, 15) is 14.4 Å². The summed E-state index contributed by atoms with van der Waals surface area (Å²) in [6.07, 6.45) is 47.3. The van der Waals surface area contributed by atoms with Crippen LogP contribution >= 0.6 is 0 Å². The van der Waals surface area contributed by atoms with Crippen LogP contribution in [0.5, 0.6) is 0 Å². The van der Waals surface area contributed by atoms with Gasteiger partial charge in [-0.25, -0.2) is 0 Å². The number of hydrogen-bond donors (Lipinski definition) is 0. The first-order chi connectivity index (χ1) is 26.5. The van der Waals surface area contributed by atoms with E-state index in [1.165, 1.54) is 128 Å². The molecule has 0 heterocycles. The molecule has 0 bridgehead atoms. The van der Waals surface area contributed by atoms with E-state index in [4.69, 9.17) is 14.2 Å². The number of carbonyl (C=O) groups is 3. The van der Waals surface area contributed by atoms with Crippen LogP contribution in [0, 0.1) is 0 Å². The van der Waals surface area contributed by atoms with Crippen LogP contribution in [-0.2, 0) is 28.6 Å². The lowest BCUT2D eigenvalue weighted by molar-refractivity contribution is -0.167. The Balaban J connectivity index is 4.32. The summed E-state index contributed by atoms with van der Waals surface area (Å²) in [4.78, 5) is 37.7. The molecule has 0 spiro atoms. The third kappa shape index (κ3) is 41.1. The second-order valence-corrected chi connectivity index (χ2v) is 15.7. The molecule has 0 saturated heterocycles. The fraction of sp³-hybridized carbons (Fsp3) is 0.854. The highest BCUT2D eigenvalue weighted by Gasteiger charge is 2.19. The van der Waals surface area contributed by atoms with Crippen molar-refractivity contribution in [3.63, 3.8) is 0 Å². The van der Waals surface area contributed by atoms with E-state index in [1.807, 2.05) is 0 Å². The Labute approximate surface area is 334 Å². The summed E-state index contributed by atoms with van der Waals surface area (Å²) >= 11 is 0. The monoisotopic (exact) mass is 761 g/mol. The van der Waals surface area contributed by atoms with Crippen molar-refractivity contribution in [2.75, 3.05) is 13.2 Å². The van der Waals surface area contributed by atoms with Crippen molar-refractivity contribution in [3.8, 4) is 0 Å². The van der Waals surface area contributed by atoms with Crippen molar-refractivity contribution in [1.82, 2.24) is 0 Å². The van der Waals surface area contributed by atoms with Gasteiger partial charge in [-0.2, -0.15) is 0 Å². The molecule has 0 aromatic heterocycles. The molecule has 0 amide bonds. The molecular formula is C48H88O6. The molecule has 1 atom stereocenters. The predicted molar refractivity (Wildman–Crippen MR) is 229 cm³/mol. The largest absolute Gasteiger partial charge is 0.462 e.